The second-order valence-corrected chi connectivity index (χ2v) is 7.74. The predicted octanol–water partition coefficient (Wildman–Crippen LogP) is 2.71. The molecular weight excluding hydrogens is 310 g/mol. The van der Waals surface area contributed by atoms with Crippen molar-refractivity contribution in [1.29, 1.82) is 0 Å². The van der Waals surface area contributed by atoms with Crippen LogP contribution in [0.2, 0.25) is 5.02 Å². The van der Waals surface area contributed by atoms with Gasteiger partial charge in [-0.15, -0.1) is 0 Å². The highest BCUT2D eigenvalue weighted by Gasteiger charge is 2.23. The number of aromatic nitrogens is 1. The van der Waals surface area contributed by atoms with Gasteiger partial charge in [-0.3, -0.25) is 4.79 Å². The smallest absolute Gasteiger partial charge is 0.250 e. The van der Waals surface area contributed by atoms with E-state index in [1.54, 1.807) is 50.5 Å². The van der Waals surface area contributed by atoms with Gasteiger partial charge in [0.2, 0.25) is 0 Å². The highest BCUT2D eigenvalue weighted by Crippen LogP contribution is 2.26. The second kappa shape index (κ2) is 6.03. The van der Waals surface area contributed by atoms with E-state index in [1.807, 2.05) is 0 Å². The van der Waals surface area contributed by atoms with Gasteiger partial charge in [0.05, 0.1) is 11.0 Å². The number of sulfone groups is 1. The summed E-state index contributed by atoms with van der Waals surface area (Å²) in [5, 5.41) is -0.0891. The first-order chi connectivity index (χ1) is 9.79. The van der Waals surface area contributed by atoms with E-state index in [0.29, 0.717) is 16.1 Å². The number of hydrogen-bond donors (Lipinski definition) is 0. The van der Waals surface area contributed by atoms with Crippen molar-refractivity contribution in [3.63, 3.8) is 0 Å². The van der Waals surface area contributed by atoms with Crippen molar-refractivity contribution < 1.29 is 8.42 Å². The maximum atomic E-state index is 12.4. The van der Waals surface area contributed by atoms with E-state index in [4.69, 9.17) is 11.6 Å². The van der Waals surface area contributed by atoms with E-state index in [9.17, 15) is 13.2 Å². The summed E-state index contributed by atoms with van der Waals surface area (Å²) in [7, 11) is -1.78. The normalized spacial score (nSPS) is 13.1. The lowest BCUT2D eigenvalue weighted by Crippen LogP contribution is -2.18. The minimum atomic E-state index is -3.40. The Labute approximate surface area is 128 Å². The molecule has 1 atom stereocenters. The third-order valence-electron chi connectivity index (χ3n) is 3.41. The molecule has 1 heterocycles. The maximum absolute atomic E-state index is 12.4. The fraction of sp³-hybridized carbons (Fsp3) is 0.267. The molecule has 0 bridgehead atoms. The SMILES string of the molecule is C[C@H](c1ccc(Cl)cc1)S(=O)(=O)Cc1ccn(C)c(=O)c1. The van der Waals surface area contributed by atoms with Crippen molar-refractivity contribution in [1.82, 2.24) is 4.57 Å². The number of hydrogen-bond acceptors (Lipinski definition) is 3. The molecule has 6 heteroatoms. The molecule has 0 spiro atoms. The first kappa shape index (κ1) is 15.8. The molecule has 0 aliphatic rings. The van der Waals surface area contributed by atoms with Gasteiger partial charge in [0.15, 0.2) is 9.84 Å². The van der Waals surface area contributed by atoms with E-state index in [-0.39, 0.29) is 11.3 Å². The maximum Gasteiger partial charge on any atom is 0.250 e. The molecule has 21 heavy (non-hydrogen) atoms. The summed E-state index contributed by atoms with van der Waals surface area (Å²) in [5.41, 5.74) is 0.962. The van der Waals surface area contributed by atoms with Crippen molar-refractivity contribution in [2.24, 2.45) is 7.05 Å². The first-order valence-corrected chi connectivity index (χ1v) is 8.51. The molecule has 0 aliphatic carbocycles. The molecule has 2 aromatic rings. The van der Waals surface area contributed by atoms with Gasteiger partial charge < -0.3 is 4.57 Å². The standard InChI is InChI=1S/C15H16ClNO3S/c1-11(13-3-5-14(16)6-4-13)21(19,20)10-12-7-8-17(2)15(18)9-12/h3-9,11H,10H2,1-2H3/t11-/m1/s1. The highest BCUT2D eigenvalue weighted by molar-refractivity contribution is 7.90. The topological polar surface area (TPSA) is 56.1 Å². The van der Waals surface area contributed by atoms with Crippen LogP contribution in [0.5, 0.6) is 0 Å². The van der Waals surface area contributed by atoms with Crippen molar-refractivity contribution in [3.05, 3.63) is 69.1 Å². The third kappa shape index (κ3) is 3.74. The van der Waals surface area contributed by atoms with Gasteiger partial charge in [0.25, 0.3) is 5.56 Å². The fourth-order valence-corrected chi connectivity index (χ4v) is 3.57. The number of benzene rings is 1. The number of halogens is 1. The summed E-state index contributed by atoms with van der Waals surface area (Å²) in [5.74, 6) is -0.160. The monoisotopic (exact) mass is 325 g/mol. The van der Waals surface area contributed by atoms with Crippen LogP contribution in [0.1, 0.15) is 23.3 Å². The van der Waals surface area contributed by atoms with E-state index in [0.717, 1.165) is 0 Å². The Morgan fingerprint density at radius 2 is 1.81 bits per heavy atom. The van der Waals surface area contributed by atoms with Crippen LogP contribution in [0.25, 0.3) is 0 Å². The zero-order valence-corrected chi connectivity index (χ0v) is 13.4. The average Bonchev–Trinajstić information content (AvgIpc) is 2.43. The second-order valence-electron chi connectivity index (χ2n) is 4.99. The Morgan fingerprint density at radius 1 is 1.19 bits per heavy atom. The molecule has 0 radical (unpaired) electrons. The molecule has 1 aromatic carbocycles. The van der Waals surface area contributed by atoms with Gasteiger partial charge >= 0.3 is 0 Å². The Hall–Kier alpha value is -1.59. The minimum Gasteiger partial charge on any atom is -0.319 e. The minimum absolute atomic E-state index is 0.160. The van der Waals surface area contributed by atoms with Crippen LogP contribution in [0.3, 0.4) is 0 Å². The zero-order valence-electron chi connectivity index (χ0n) is 11.8. The Morgan fingerprint density at radius 3 is 2.38 bits per heavy atom. The summed E-state index contributed by atoms with van der Waals surface area (Å²) < 4.78 is 26.3. The lowest BCUT2D eigenvalue weighted by atomic mass is 10.2. The van der Waals surface area contributed by atoms with Crippen LogP contribution in [-0.2, 0) is 22.6 Å². The summed E-state index contributed by atoms with van der Waals surface area (Å²) in [6.07, 6.45) is 1.57. The number of pyridine rings is 1. The molecule has 0 unspecified atom stereocenters. The van der Waals surface area contributed by atoms with Crippen LogP contribution in [-0.4, -0.2) is 13.0 Å². The Balaban J connectivity index is 2.27. The van der Waals surface area contributed by atoms with E-state index < -0.39 is 15.1 Å². The Bertz CT molecular complexity index is 794. The first-order valence-electron chi connectivity index (χ1n) is 6.42. The van der Waals surface area contributed by atoms with Gasteiger partial charge in [-0.05, 0) is 36.2 Å². The Kier molecular flexibility index (Phi) is 4.54. The van der Waals surface area contributed by atoms with Crippen molar-refractivity contribution in [3.8, 4) is 0 Å². The van der Waals surface area contributed by atoms with Gasteiger partial charge in [-0.2, -0.15) is 0 Å². The molecule has 112 valence electrons. The fourth-order valence-electron chi connectivity index (χ4n) is 1.98. The van der Waals surface area contributed by atoms with E-state index in [1.165, 1.54) is 10.6 Å². The molecule has 0 saturated heterocycles. The molecular formula is C15H16ClNO3S. The molecule has 0 saturated carbocycles. The number of aryl methyl sites for hydroxylation is 1. The van der Waals surface area contributed by atoms with Crippen molar-refractivity contribution in [2.75, 3.05) is 0 Å². The van der Waals surface area contributed by atoms with Crippen molar-refractivity contribution in [2.45, 2.75) is 17.9 Å². The van der Waals surface area contributed by atoms with Crippen LogP contribution < -0.4 is 5.56 Å². The highest BCUT2D eigenvalue weighted by atomic mass is 35.5. The van der Waals surface area contributed by atoms with Gasteiger partial charge in [-0.25, -0.2) is 8.42 Å². The zero-order chi connectivity index (χ0) is 15.6. The lowest BCUT2D eigenvalue weighted by molar-refractivity contribution is 0.585. The quantitative estimate of drug-likeness (QED) is 0.868. The average molecular weight is 326 g/mol. The molecule has 0 N–H and O–H groups in total. The molecule has 0 fully saturated rings. The lowest BCUT2D eigenvalue weighted by Gasteiger charge is -2.13. The molecule has 2 rings (SSSR count). The molecule has 0 aliphatic heterocycles. The van der Waals surface area contributed by atoms with Gasteiger partial charge in [-0.1, -0.05) is 23.7 Å². The molecule has 4 nitrogen and oxygen atoms in total. The molecule has 0 amide bonds. The van der Waals surface area contributed by atoms with Crippen LogP contribution >= 0.6 is 11.6 Å². The molecule has 1 aromatic heterocycles. The van der Waals surface area contributed by atoms with E-state index in [2.05, 4.69) is 0 Å². The van der Waals surface area contributed by atoms with Crippen LogP contribution in [0, 0.1) is 0 Å². The summed E-state index contributed by atoms with van der Waals surface area (Å²) in [6.45, 7) is 1.64. The number of rotatable bonds is 4. The third-order valence-corrected chi connectivity index (χ3v) is 5.75. The van der Waals surface area contributed by atoms with E-state index >= 15 is 0 Å². The largest absolute Gasteiger partial charge is 0.319 e. The van der Waals surface area contributed by atoms with Gasteiger partial charge in [0.1, 0.15) is 0 Å². The van der Waals surface area contributed by atoms with Crippen LogP contribution in [0.15, 0.2) is 47.4 Å². The summed E-state index contributed by atoms with van der Waals surface area (Å²) >= 11 is 5.81. The summed E-state index contributed by atoms with van der Waals surface area (Å²) in [4.78, 5) is 11.6. The van der Waals surface area contributed by atoms with Gasteiger partial charge in [0, 0.05) is 24.3 Å². The predicted molar refractivity (Wildman–Crippen MR) is 84.2 cm³/mol. The number of nitrogens with zero attached hydrogens (tertiary/aromatic N) is 1. The summed E-state index contributed by atoms with van der Waals surface area (Å²) in [6, 6.07) is 9.74. The van der Waals surface area contributed by atoms with Crippen molar-refractivity contribution >= 4 is 21.4 Å². The van der Waals surface area contributed by atoms with Crippen LogP contribution in [0.4, 0.5) is 0 Å².